The molecular formula is C22H23FN2O3. The van der Waals surface area contributed by atoms with Crippen molar-refractivity contribution < 1.29 is 18.7 Å². The summed E-state index contributed by atoms with van der Waals surface area (Å²) in [7, 11) is 0. The Balaban J connectivity index is 1.56. The Bertz CT molecular complexity index is 848. The van der Waals surface area contributed by atoms with Crippen LogP contribution in [0.25, 0.3) is 0 Å². The molecule has 146 valence electrons. The fraction of sp³-hybridized carbons (Fsp3) is 0.364. The molecule has 0 radical (unpaired) electrons. The van der Waals surface area contributed by atoms with Gasteiger partial charge in [0.25, 0.3) is 5.91 Å². The van der Waals surface area contributed by atoms with Crippen molar-refractivity contribution in [1.82, 2.24) is 4.90 Å². The second-order valence-electron chi connectivity index (χ2n) is 7.58. The second kappa shape index (κ2) is 7.72. The quantitative estimate of drug-likeness (QED) is 0.886. The lowest BCUT2D eigenvalue weighted by atomic mass is 9.71. The normalized spacial score (nSPS) is 20.9. The third kappa shape index (κ3) is 3.64. The van der Waals surface area contributed by atoms with Crippen LogP contribution in [0.5, 0.6) is 0 Å². The molecule has 2 aliphatic heterocycles. The van der Waals surface area contributed by atoms with Crippen LogP contribution in [0.2, 0.25) is 0 Å². The van der Waals surface area contributed by atoms with Crippen LogP contribution >= 0.6 is 0 Å². The molecule has 2 aromatic rings. The Morgan fingerprint density at radius 1 is 1.04 bits per heavy atom. The number of benzene rings is 2. The van der Waals surface area contributed by atoms with E-state index in [0.717, 1.165) is 18.5 Å². The minimum atomic E-state index is -0.376. The van der Waals surface area contributed by atoms with Gasteiger partial charge in [0.1, 0.15) is 5.82 Å². The van der Waals surface area contributed by atoms with Gasteiger partial charge in [0.15, 0.2) is 0 Å². The van der Waals surface area contributed by atoms with Crippen molar-refractivity contribution in [3.05, 3.63) is 66.0 Å². The van der Waals surface area contributed by atoms with E-state index in [-0.39, 0.29) is 29.0 Å². The predicted molar refractivity (Wildman–Crippen MR) is 103 cm³/mol. The summed E-state index contributed by atoms with van der Waals surface area (Å²) < 4.78 is 18.7. The molecule has 28 heavy (non-hydrogen) atoms. The van der Waals surface area contributed by atoms with Crippen molar-refractivity contribution in [2.45, 2.75) is 12.8 Å². The lowest BCUT2D eigenvalue weighted by Gasteiger charge is -2.37. The lowest BCUT2D eigenvalue weighted by Crippen LogP contribution is -2.42. The number of nitrogens with one attached hydrogen (secondary N) is 1. The highest BCUT2D eigenvalue weighted by Gasteiger charge is 2.51. The SMILES string of the molecule is O=C(Nc1ccccc1)C1CN(C(=O)c2ccc(F)cc2)CC12CCOCC2. The maximum absolute atomic E-state index is 13.2. The monoisotopic (exact) mass is 382 g/mol. The van der Waals surface area contributed by atoms with Crippen LogP contribution in [0, 0.1) is 17.2 Å². The van der Waals surface area contributed by atoms with Gasteiger partial charge in [-0.3, -0.25) is 9.59 Å². The van der Waals surface area contributed by atoms with Gasteiger partial charge < -0.3 is 15.0 Å². The molecule has 1 unspecified atom stereocenters. The van der Waals surface area contributed by atoms with E-state index in [1.54, 1.807) is 4.90 Å². The molecule has 5 nitrogen and oxygen atoms in total. The van der Waals surface area contributed by atoms with Crippen molar-refractivity contribution in [1.29, 1.82) is 0 Å². The number of ether oxygens (including phenoxy) is 1. The van der Waals surface area contributed by atoms with Gasteiger partial charge in [0, 0.05) is 43.0 Å². The number of para-hydroxylation sites is 1. The Morgan fingerprint density at radius 2 is 1.71 bits per heavy atom. The summed E-state index contributed by atoms with van der Waals surface area (Å²) >= 11 is 0. The molecule has 2 heterocycles. The zero-order valence-electron chi connectivity index (χ0n) is 15.6. The van der Waals surface area contributed by atoms with Crippen LogP contribution in [0.1, 0.15) is 23.2 Å². The molecule has 1 N–H and O–H groups in total. The van der Waals surface area contributed by atoms with E-state index in [2.05, 4.69) is 5.32 Å². The molecule has 0 aromatic heterocycles. The summed E-state index contributed by atoms with van der Waals surface area (Å²) in [6.45, 7) is 2.05. The molecular weight excluding hydrogens is 359 g/mol. The highest BCUT2D eigenvalue weighted by molar-refractivity contribution is 5.97. The van der Waals surface area contributed by atoms with Gasteiger partial charge in [-0.15, -0.1) is 0 Å². The first-order valence-corrected chi connectivity index (χ1v) is 9.56. The van der Waals surface area contributed by atoms with Crippen LogP contribution in [0.4, 0.5) is 10.1 Å². The van der Waals surface area contributed by atoms with Crippen molar-refractivity contribution in [2.24, 2.45) is 11.3 Å². The molecule has 4 rings (SSSR count). The first-order chi connectivity index (χ1) is 13.6. The number of hydrogen-bond donors (Lipinski definition) is 1. The van der Waals surface area contributed by atoms with Crippen LogP contribution < -0.4 is 5.32 Å². The fourth-order valence-corrected chi connectivity index (χ4v) is 4.30. The van der Waals surface area contributed by atoms with E-state index in [1.165, 1.54) is 24.3 Å². The van der Waals surface area contributed by atoms with E-state index < -0.39 is 0 Å². The maximum Gasteiger partial charge on any atom is 0.253 e. The molecule has 0 bridgehead atoms. The molecule has 1 spiro atoms. The smallest absolute Gasteiger partial charge is 0.253 e. The number of anilines is 1. The third-order valence-corrected chi connectivity index (χ3v) is 5.87. The van der Waals surface area contributed by atoms with Gasteiger partial charge in [-0.25, -0.2) is 4.39 Å². The zero-order valence-corrected chi connectivity index (χ0v) is 15.6. The average Bonchev–Trinajstić information content (AvgIpc) is 3.08. The van der Waals surface area contributed by atoms with Crippen molar-refractivity contribution in [3.8, 4) is 0 Å². The fourth-order valence-electron chi connectivity index (χ4n) is 4.30. The molecule has 0 saturated carbocycles. The predicted octanol–water partition coefficient (Wildman–Crippen LogP) is 3.33. The Kier molecular flexibility index (Phi) is 5.13. The Morgan fingerprint density at radius 3 is 2.39 bits per heavy atom. The van der Waals surface area contributed by atoms with Gasteiger partial charge in [0.05, 0.1) is 5.92 Å². The van der Waals surface area contributed by atoms with Gasteiger partial charge in [-0.2, -0.15) is 0 Å². The van der Waals surface area contributed by atoms with Gasteiger partial charge in [-0.05, 0) is 49.2 Å². The number of nitrogens with zero attached hydrogens (tertiary/aromatic N) is 1. The van der Waals surface area contributed by atoms with Crippen LogP contribution in [-0.2, 0) is 9.53 Å². The Labute approximate surface area is 163 Å². The molecule has 2 fully saturated rings. The van der Waals surface area contributed by atoms with E-state index in [0.29, 0.717) is 31.9 Å². The number of amides is 2. The summed E-state index contributed by atoms with van der Waals surface area (Å²) in [4.78, 5) is 27.8. The van der Waals surface area contributed by atoms with Gasteiger partial charge in [-0.1, -0.05) is 18.2 Å². The first-order valence-electron chi connectivity index (χ1n) is 9.56. The molecule has 1 atom stereocenters. The van der Waals surface area contributed by atoms with Crippen LogP contribution in [-0.4, -0.2) is 43.0 Å². The minimum Gasteiger partial charge on any atom is -0.381 e. The molecule has 2 saturated heterocycles. The number of rotatable bonds is 3. The summed E-state index contributed by atoms with van der Waals surface area (Å²) in [5, 5.41) is 2.99. The lowest BCUT2D eigenvalue weighted by molar-refractivity contribution is -0.124. The van der Waals surface area contributed by atoms with Gasteiger partial charge in [0.2, 0.25) is 5.91 Å². The number of carbonyl (C=O) groups is 2. The van der Waals surface area contributed by atoms with Crippen molar-refractivity contribution in [3.63, 3.8) is 0 Å². The number of likely N-dealkylation sites (tertiary alicyclic amines) is 1. The number of halogens is 1. The summed E-state index contributed by atoms with van der Waals surface area (Å²) in [5.41, 5.74) is 0.901. The van der Waals surface area contributed by atoms with E-state index in [1.807, 2.05) is 30.3 Å². The number of hydrogen-bond acceptors (Lipinski definition) is 3. The average molecular weight is 382 g/mol. The third-order valence-electron chi connectivity index (χ3n) is 5.87. The van der Waals surface area contributed by atoms with Crippen molar-refractivity contribution >= 4 is 17.5 Å². The summed E-state index contributed by atoms with van der Waals surface area (Å²) in [6.07, 6.45) is 1.49. The van der Waals surface area contributed by atoms with E-state index in [9.17, 15) is 14.0 Å². The largest absolute Gasteiger partial charge is 0.381 e. The van der Waals surface area contributed by atoms with E-state index in [4.69, 9.17) is 4.74 Å². The van der Waals surface area contributed by atoms with Crippen molar-refractivity contribution in [2.75, 3.05) is 31.6 Å². The summed E-state index contributed by atoms with van der Waals surface area (Å²) in [6, 6.07) is 14.9. The Hall–Kier alpha value is -2.73. The first kappa shape index (κ1) is 18.6. The molecule has 2 aromatic carbocycles. The summed E-state index contributed by atoms with van der Waals surface area (Å²) in [5.74, 6) is -0.914. The maximum atomic E-state index is 13.2. The van der Waals surface area contributed by atoms with Gasteiger partial charge >= 0.3 is 0 Å². The molecule has 6 heteroatoms. The van der Waals surface area contributed by atoms with Crippen LogP contribution in [0.3, 0.4) is 0 Å². The topological polar surface area (TPSA) is 58.6 Å². The highest BCUT2D eigenvalue weighted by Crippen LogP contribution is 2.45. The molecule has 2 aliphatic rings. The molecule has 2 amide bonds. The van der Waals surface area contributed by atoms with E-state index >= 15 is 0 Å². The minimum absolute atomic E-state index is 0.0671. The molecule has 0 aliphatic carbocycles. The number of carbonyl (C=O) groups excluding carboxylic acids is 2. The van der Waals surface area contributed by atoms with Crippen LogP contribution in [0.15, 0.2) is 54.6 Å². The highest BCUT2D eigenvalue weighted by atomic mass is 19.1. The standard InChI is InChI=1S/C22H23FN2O3/c23-17-8-6-16(7-9-17)21(27)25-14-19(22(15-25)10-12-28-13-11-22)20(26)24-18-4-2-1-3-5-18/h1-9,19H,10-15H2,(H,24,26). The zero-order chi connectivity index (χ0) is 19.6. The second-order valence-corrected chi connectivity index (χ2v) is 7.58.